The van der Waals surface area contributed by atoms with Gasteiger partial charge in [-0.1, -0.05) is 30.3 Å². The fraction of sp³-hybridized carbons (Fsp3) is 0.167. The molecule has 2 aromatic carbocycles. The molecule has 0 fully saturated rings. The van der Waals surface area contributed by atoms with E-state index in [0.717, 1.165) is 27.7 Å². The van der Waals surface area contributed by atoms with Crippen molar-refractivity contribution in [2.75, 3.05) is 0 Å². The number of fused-ring (bicyclic) bond motifs is 1. The monoisotopic (exact) mass is 296 g/mol. The lowest BCUT2D eigenvalue weighted by atomic mass is 10.1. The van der Waals surface area contributed by atoms with Gasteiger partial charge in [0.15, 0.2) is 0 Å². The maximum atomic E-state index is 12.8. The van der Waals surface area contributed by atoms with Crippen molar-refractivity contribution < 1.29 is 9.18 Å². The number of para-hydroxylation sites is 1. The maximum absolute atomic E-state index is 12.8. The summed E-state index contributed by atoms with van der Waals surface area (Å²) in [6.07, 6.45) is 0.252. The molecule has 0 aliphatic carbocycles. The Labute approximate surface area is 128 Å². The van der Waals surface area contributed by atoms with E-state index in [1.165, 1.54) is 12.1 Å². The summed E-state index contributed by atoms with van der Waals surface area (Å²) >= 11 is 0. The first-order chi connectivity index (χ1) is 10.6. The van der Waals surface area contributed by atoms with Gasteiger partial charge in [-0.15, -0.1) is 0 Å². The van der Waals surface area contributed by atoms with E-state index in [1.807, 2.05) is 31.2 Å². The molecule has 0 radical (unpaired) electrons. The molecule has 0 aliphatic heterocycles. The van der Waals surface area contributed by atoms with Crippen LogP contribution in [0.5, 0.6) is 0 Å². The minimum Gasteiger partial charge on any atom is -0.358 e. The van der Waals surface area contributed by atoms with Gasteiger partial charge in [-0.25, -0.2) is 4.39 Å². The number of rotatable bonds is 4. The molecule has 0 saturated heterocycles. The van der Waals surface area contributed by atoms with Gasteiger partial charge in [0.2, 0.25) is 5.91 Å². The summed E-state index contributed by atoms with van der Waals surface area (Å²) in [6, 6.07) is 14.0. The highest BCUT2D eigenvalue weighted by Gasteiger charge is 2.09. The lowest BCUT2D eigenvalue weighted by Crippen LogP contribution is -2.24. The lowest BCUT2D eigenvalue weighted by molar-refractivity contribution is -0.120. The van der Waals surface area contributed by atoms with Crippen molar-refractivity contribution in [3.8, 4) is 0 Å². The van der Waals surface area contributed by atoms with Crippen molar-refractivity contribution in [1.29, 1.82) is 0 Å². The van der Waals surface area contributed by atoms with E-state index < -0.39 is 0 Å². The predicted molar refractivity (Wildman–Crippen MR) is 85.0 cm³/mol. The molecule has 0 bridgehead atoms. The van der Waals surface area contributed by atoms with Gasteiger partial charge in [0.1, 0.15) is 5.82 Å². The van der Waals surface area contributed by atoms with E-state index in [-0.39, 0.29) is 18.1 Å². The highest BCUT2D eigenvalue weighted by atomic mass is 19.1. The van der Waals surface area contributed by atoms with E-state index in [1.54, 1.807) is 12.1 Å². The van der Waals surface area contributed by atoms with Crippen molar-refractivity contribution in [3.63, 3.8) is 0 Å². The van der Waals surface area contributed by atoms with Crippen LogP contribution in [-0.2, 0) is 17.8 Å². The molecule has 0 aliphatic rings. The summed E-state index contributed by atoms with van der Waals surface area (Å²) in [4.78, 5) is 15.3. The van der Waals surface area contributed by atoms with E-state index in [2.05, 4.69) is 10.3 Å². The number of amides is 1. The normalized spacial score (nSPS) is 10.8. The van der Waals surface area contributed by atoms with Crippen LogP contribution in [0.2, 0.25) is 0 Å². The highest BCUT2D eigenvalue weighted by molar-refractivity contribution is 5.85. The molecule has 0 unspecified atom stereocenters. The number of hydrogen-bond donors (Lipinski definition) is 2. The molecule has 3 aromatic rings. The topological polar surface area (TPSA) is 44.9 Å². The number of aryl methyl sites for hydroxylation is 1. The Balaban J connectivity index is 1.67. The van der Waals surface area contributed by atoms with Gasteiger partial charge in [0, 0.05) is 23.1 Å². The van der Waals surface area contributed by atoms with Gasteiger partial charge >= 0.3 is 0 Å². The molecule has 3 nitrogen and oxygen atoms in total. The average Bonchev–Trinajstić information content (AvgIpc) is 2.83. The second kappa shape index (κ2) is 6.02. The van der Waals surface area contributed by atoms with Crippen molar-refractivity contribution >= 4 is 16.8 Å². The number of carbonyl (C=O) groups excluding carboxylic acids is 1. The number of halogens is 1. The fourth-order valence-electron chi connectivity index (χ4n) is 2.60. The first-order valence-electron chi connectivity index (χ1n) is 7.21. The molecule has 1 heterocycles. The Kier molecular flexibility index (Phi) is 3.92. The Morgan fingerprint density at radius 3 is 2.64 bits per heavy atom. The minimum absolute atomic E-state index is 0.0729. The highest BCUT2D eigenvalue weighted by Crippen LogP contribution is 2.21. The lowest BCUT2D eigenvalue weighted by Gasteiger charge is -2.06. The molecule has 2 N–H and O–H groups in total. The number of nitrogens with one attached hydrogen (secondary N) is 2. The SMILES string of the molecule is Cc1[nH]c2ccccc2c1CNC(=O)Cc1ccc(F)cc1. The molecule has 1 aromatic heterocycles. The van der Waals surface area contributed by atoms with Gasteiger partial charge in [-0.2, -0.15) is 0 Å². The summed E-state index contributed by atoms with van der Waals surface area (Å²) < 4.78 is 12.8. The van der Waals surface area contributed by atoms with Crippen LogP contribution < -0.4 is 5.32 Å². The van der Waals surface area contributed by atoms with Crippen LogP contribution in [0, 0.1) is 12.7 Å². The second-order valence-corrected chi connectivity index (χ2v) is 5.35. The molecule has 22 heavy (non-hydrogen) atoms. The zero-order valence-corrected chi connectivity index (χ0v) is 12.3. The fourth-order valence-corrected chi connectivity index (χ4v) is 2.60. The number of aromatic nitrogens is 1. The average molecular weight is 296 g/mol. The van der Waals surface area contributed by atoms with Crippen molar-refractivity contribution in [3.05, 3.63) is 71.2 Å². The van der Waals surface area contributed by atoms with E-state index in [9.17, 15) is 9.18 Å². The van der Waals surface area contributed by atoms with Gasteiger partial charge in [-0.05, 0) is 36.2 Å². The van der Waals surface area contributed by atoms with Crippen LogP contribution in [0.25, 0.3) is 10.9 Å². The number of H-pyrrole nitrogens is 1. The third-order valence-electron chi connectivity index (χ3n) is 3.77. The molecular weight excluding hydrogens is 279 g/mol. The molecular formula is C18H17FN2O. The Morgan fingerprint density at radius 2 is 1.86 bits per heavy atom. The molecule has 0 atom stereocenters. The van der Waals surface area contributed by atoms with E-state index >= 15 is 0 Å². The van der Waals surface area contributed by atoms with Crippen LogP contribution in [0.1, 0.15) is 16.8 Å². The zero-order valence-electron chi connectivity index (χ0n) is 12.3. The molecule has 1 amide bonds. The third-order valence-corrected chi connectivity index (χ3v) is 3.77. The van der Waals surface area contributed by atoms with Crippen molar-refractivity contribution in [1.82, 2.24) is 10.3 Å². The second-order valence-electron chi connectivity index (χ2n) is 5.35. The van der Waals surface area contributed by atoms with Gasteiger partial charge in [0.25, 0.3) is 0 Å². The van der Waals surface area contributed by atoms with Crippen molar-refractivity contribution in [2.24, 2.45) is 0 Å². The standard InChI is InChI=1S/C18H17FN2O/c1-12-16(15-4-2-3-5-17(15)21-12)11-20-18(22)10-13-6-8-14(19)9-7-13/h2-9,21H,10-11H2,1H3,(H,20,22). The molecule has 0 spiro atoms. The minimum atomic E-state index is -0.293. The number of benzene rings is 2. The number of carbonyl (C=O) groups is 1. The van der Waals surface area contributed by atoms with Gasteiger partial charge < -0.3 is 10.3 Å². The Hall–Kier alpha value is -2.62. The van der Waals surface area contributed by atoms with Crippen LogP contribution in [-0.4, -0.2) is 10.9 Å². The maximum Gasteiger partial charge on any atom is 0.224 e. The van der Waals surface area contributed by atoms with E-state index in [4.69, 9.17) is 0 Å². The van der Waals surface area contributed by atoms with Crippen LogP contribution in [0.15, 0.2) is 48.5 Å². The Bertz CT molecular complexity index is 806. The summed E-state index contributed by atoms with van der Waals surface area (Å²) in [7, 11) is 0. The molecule has 4 heteroatoms. The quantitative estimate of drug-likeness (QED) is 0.760. The summed E-state index contributed by atoms with van der Waals surface area (Å²) in [6.45, 7) is 2.48. The molecule has 0 saturated carbocycles. The molecule has 3 rings (SSSR count). The van der Waals surface area contributed by atoms with E-state index in [0.29, 0.717) is 6.54 Å². The number of hydrogen-bond acceptors (Lipinski definition) is 1. The van der Waals surface area contributed by atoms with Crippen molar-refractivity contribution in [2.45, 2.75) is 19.9 Å². The first kappa shape index (κ1) is 14.3. The first-order valence-corrected chi connectivity index (χ1v) is 7.21. The molecule has 112 valence electrons. The summed E-state index contributed by atoms with van der Waals surface area (Å²) in [5.74, 6) is -0.366. The predicted octanol–water partition coefficient (Wildman–Crippen LogP) is 3.47. The third kappa shape index (κ3) is 3.01. The zero-order chi connectivity index (χ0) is 15.5. The van der Waals surface area contributed by atoms with Gasteiger partial charge in [-0.3, -0.25) is 4.79 Å². The van der Waals surface area contributed by atoms with Crippen LogP contribution >= 0.6 is 0 Å². The largest absolute Gasteiger partial charge is 0.358 e. The van der Waals surface area contributed by atoms with Crippen LogP contribution in [0.3, 0.4) is 0 Å². The Morgan fingerprint density at radius 1 is 1.14 bits per heavy atom. The summed E-state index contributed by atoms with van der Waals surface area (Å²) in [5.41, 5.74) is 4.03. The number of aromatic amines is 1. The summed E-state index contributed by atoms with van der Waals surface area (Å²) in [5, 5.41) is 4.06. The van der Waals surface area contributed by atoms with Crippen LogP contribution in [0.4, 0.5) is 4.39 Å². The smallest absolute Gasteiger partial charge is 0.224 e. The van der Waals surface area contributed by atoms with Gasteiger partial charge in [0.05, 0.1) is 6.42 Å².